The number of nitrogens with one attached hydrogen (secondary N) is 2. The predicted octanol–water partition coefficient (Wildman–Crippen LogP) is 2.99. The zero-order valence-electron chi connectivity index (χ0n) is 13.9. The van der Waals surface area contributed by atoms with Gasteiger partial charge in [-0.05, 0) is 35.4 Å². The number of phenolic OH excluding ortho intramolecular Hbond substituents is 1. The van der Waals surface area contributed by atoms with Crippen molar-refractivity contribution in [3.8, 4) is 5.75 Å². The second-order valence-corrected chi connectivity index (χ2v) is 5.74. The Hall–Kier alpha value is -3.60. The smallest absolute Gasteiger partial charge is 0.269 e. The van der Waals surface area contributed by atoms with E-state index in [1.54, 1.807) is 0 Å². The molecule has 0 saturated carbocycles. The molecule has 3 aromatic rings. The Morgan fingerprint density at radius 1 is 0.692 bits per heavy atom. The third kappa shape index (κ3) is 4.08. The molecular formula is C21H18N2O3. The zero-order valence-corrected chi connectivity index (χ0v) is 13.9. The number of aromatic hydroxyl groups is 1. The average molecular weight is 346 g/mol. The minimum atomic E-state index is -0.544. The number of carbonyl (C=O) groups excluding carboxylic acids is 2. The average Bonchev–Trinajstić information content (AvgIpc) is 2.68. The maximum Gasteiger partial charge on any atom is 0.269 e. The summed E-state index contributed by atoms with van der Waals surface area (Å²) < 4.78 is 0. The highest BCUT2D eigenvalue weighted by molar-refractivity contribution is 5.96. The molecule has 0 bridgehead atoms. The molecule has 0 aliphatic heterocycles. The van der Waals surface area contributed by atoms with E-state index in [4.69, 9.17) is 0 Å². The standard InChI is InChI=1S/C21H18N2O3/c24-18-13-11-17(12-14-18)20(25)22-23-21(26)19(15-7-3-1-4-8-15)16-9-5-2-6-10-16/h1-14,19,24H,(H,22,25)(H,23,26). The minimum Gasteiger partial charge on any atom is -0.508 e. The Morgan fingerprint density at radius 2 is 1.19 bits per heavy atom. The summed E-state index contributed by atoms with van der Waals surface area (Å²) in [4.78, 5) is 24.9. The highest BCUT2D eigenvalue weighted by Gasteiger charge is 2.23. The quantitative estimate of drug-likeness (QED) is 0.636. The molecule has 0 atom stereocenters. The molecule has 0 saturated heterocycles. The maximum absolute atomic E-state index is 12.8. The lowest BCUT2D eigenvalue weighted by molar-refractivity contribution is -0.122. The van der Waals surface area contributed by atoms with E-state index in [0.717, 1.165) is 11.1 Å². The van der Waals surface area contributed by atoms with Crippen LogP contribution in [-0.4, -0.2) is 16.9 Å². The van der Waals surface area contributed by atoms with Gasteiger partial charge in [0.1, 0.15) is 5.75 Å². The summed E-state index contributed by atoms with van der Waals surface area (Å²) in [5, 5.41) is 9.28. The molecule has 3 aromatic carbocycles. The molecule has 0 spiro atoms. The van der Waals surface area contributed by atoms with E-state index in [-0.39, 0.29) is 11.7 Å². The molecule has 0 aliphatic carbocycles. The van der Waals surface area contributed by atoms with Crippen molar-refractivity contribution in [1.82, 2.24) is 10.9 Å². The first-order valence-electron chi connectivity index (χ1n) is 8.14. The van der Waals surface area contributed by atoms with Crippen LogP contribution in [0, 0.1) is 0 Å². The molecule has 0 unspecified atom stereocenters. The normalized spacial score (nSPS) is 10.3. The summed E-state index contributed by atoms with van der Waals surface area (Å²) in [7, 11) is 0. The summed E-state index contributed by atoms with van der Waals surface area (Å²) in [6.45, 7) is 0. The lowest BCUT2D eigenvalue weighted by Crippen LogP contribution is -2.44. The molecule has 0 radical (unpaired) electrons. The molecular weight excluding hydrogens is 328 g/mol. The maximum atomic E-state index is 12.8. The van der Waals surface area contributed by atoms with Crippen LogP contribution in [0.4, 0.5) is 0 Å². The van der Waals surface area contributed by atoms with Gasteiger partial charge in [-0.1, -0.05) is 60.7 Å². The van der Waals surface area contributed by atoms with E-state index >= 15 is 0 Å². The van der Waals surface area contributed by atoms with Crippen molar-refractivity contribution >= 4 is 11.8 Å². The molecule has 3 rings (SSSR count). The van der Waals surface area contributed by atoms with Gasteiger partial charge in [-0.15, -0.1) is 0 Å². The van der Waals surface area contributed by atoms with Crippen LogP contribution in [0.5, 0.6) is 5.75 Å². The molecule has 3 N–H and O–H groups in total. The fourth-order valence-electron chi connectivity index (χ4n) is 2.66. The van der Waals surface area contributed by atoms with Crippen LogP contribution in [0.2, 0.25) is 0 Å². The lowest BCUT2D eigenvalue weighted by atomic mass is 9.91. The van der Waals surface area contributed by atoms with Crippen LogP contribution in [0.3, 0.4) is 0 Å². The fourth-order valence-corrected chi connectivity index (χ4v) is 2.66. The second kappa shape index (κ2) is 7.98. The topological polar surface area (TPSA) is 78.4 Å². The van der Waals surface area contributed by atoms with Gasteiger partial charge in [-0.3, -0.25) is 20.4 Å². The Labute approximate surface area is 151 Å². The summed E-state index contributed by atoms with van der Waals surface area (Å²) in [5.41, 5.74) is 6.90. The van der Waals surface area contributed by atoms with Gasteiger partial charge in [0.15, 0.2) is 0 Å². The summed E-state index contributed by atoms with van der Waals surface area (Å²) >= 11 is 0. The first-order chi connectivity index (χ1) is 12.6. The fraction of sp³-hybridized carbons (Fsp3) is 0.0476. The van der Waals surface area contributed by atoms with Crippen molar-refractivity contribution in [2.45, 2.75) is 5.92 Å². The van der Waals surface area contributed by atoms with Crippen LogP contribution in [0.1, 0.15) is 27.4 Å². The number of phenols is 1. The van der Waals surface area contributed by atoms with Gasteiger partial charge in [0, 0.05) is 5.56 Å². The molecule has 0 aromatic heterocycles. The summed E-state index contributed by atoms with van der Waals surface area (Å²) in [5.74, 6) is -1.27. The number of hydrogen-bond donors (Lipinski definition) is 3. The first kappa shape index (κ1) is 17.2. The number of carbonyl (C=O) groups is 2. The number of hydrogen-bond acceptors (Lipinski definition) is 3. The summed E-state index contributed by atoms with van der Waals surface area (Å²) in [6.07, 6.45) is 0. The Morgan fingerprint density at radius 3 is 1.69 bits per heavy atom. The molecule has 0 fully saturated rings. The Kier molecular flexibility index (Phi) is 5.29. The van der Waals surface area contributed by atoms with Crippen LogP contribution in [0.15, 0.2) is 84.9 Å². The molecule has 130 valence electrons. The van der Waals surface area contributed by atoms with Crippen molar-refractivity contribution in [3.05, 3.63) is 102 Å². The van der Waals surface area contributed by atoms with E-state index < -0.39 is 11.8 Å². The first-order valence-corrected chi connectivity index (χ1v) is 8.14. The van der Waals surface area contributed by atoms with Crippen molar-refractivity contribution in [3.63, 3.8) is 0 Å². The van der Waals surface area contributed by atoms with Gasteiger partial charge < -0.3 is 5.11 Å². The van der Waals surface area contributed by atoms with Crippen LogP contribution >= 0.6 is 0 Å². The molecule has 5 nitrogen and oxygen atoms in total. The number of amides is 2. The second-order valence-electron chi connectivity index (χ2n) is 5.74. The SMILES string of the molecule is O=C(NNC(=O)C(c1ccccc1)c1ccccc1)c1ccc(O)cc1. The van der Waals surface area contributed by atoms with E-state index in [9.17, 15) is 14.7 Å². The third-order valence-electron chi connectivity index (χ3n) is 3.96. The van der Waals surface area contributed by atoms with Crippen LogP contribution in [-0.2, 0) is 4.79 Å². The minimum absolute atomic E-state index is 0.0683. The number of benzene rings is 3. The lowest BCUT2D eigenvalue weighted by Gasteiger charge is -2.18. The van der Waals surface area contributed by atoms with Crippen molar-refractivity contribution in [2.75, 3.05) is 0 Å². The largest absolute Gasteiger partial charge is 0.508 e. The number of rotatable bonds is 4. The van der Waals surface area contributed by atoms with Crippen LogP contribution in [0.25, 0.3) is 0 Å². The van der Waals surface area contributed by atoms with E-state index in [2.05, 4.69) is 10.9 Å². The zero-order chi connectivity index (χ0) is 18.4. The highest BCUT2D eigenvalue weighted by atomic mass is 16.3. The Balaban J connectivity index is 1.76. The molecule has 0 aliphatic rings. The number of hydrazine groups is 1. The third-order valence-corrected chi connectivity index (χ3v) is 3.96. The summed E-state index contributed by atoms with van der Waals surface area (Å²) in [6, 6.07) is 24.5. The monoisotopic (exact) mass is 346 g/mol. The van der Waals surface area contributed by atoms with Crippen LogP contribution < -0.4 is 10.9 Å². The van der Waals surface area contributed by atoms with Crippen molar-refractivity contribution < 1.29 is 14.7 Å². The van der Waals surface area contributed by atoms with Crippen molar-refractivity contribution in [1.29, 1.82) is 0 Å². The molecule has 0 heterocycles. The van der Waals surface area contributed by atoms with Crippen molar-refractivity contribution in [2.24, 2.45) is 0 Å². The molecule has 2 amide bonds. The predicted molar refractivity (Wildman–Crippen MR) is 98.4 cm³/mol. The van der Waals surface area contributed by atoms with Gasteiger partial charge in [-0.2, -0.15) is 0 Å². The highest BCUT2D eigenvalue weighted by Crippen LogP contribution is 2.24. The van der Waals surface area contributed by atoms with E-state index in [1.165, 1.54) is 24.3 Å². The van der Waals surface area contributed by atoms with Gasteiger partial charge >= 0.3 is 0 Å². The Bertz CT molecular complexity index is 839. The van der Waals surface area contributed by atoms with Gasteiger partial charge in [-0.25, -0.2) is 0 Å². The van der Waals surface area contributed by atoms with Gasteiger partial charge in [0.25, 0.3) is 5.91 Å². The molecule has 26 heavy (non-hydrogen) atoms. The van der Waals surface area contributed by atoms with Gasteiger partial charge in [0.2, 0.25) is 5.91 Å². The van der Waals surface area contributed by atoms with Gasteiger partial charge in [0.05, 0.1) is 5.92 Å². The molecule has 5 heteroatoms. The van der Waals surface area contributed by atoms with E-state index in [0.29, 0.717) is 5.56 Å². The van der Waals surface area contributed by atoms with E-state index in [1.807, 2.05) is 60.7 Å².